The van der Waals surface area contributed by atoms with Crippen LogP contribution in [0.5, 0.6) is 0 Å². The van der Waals surface area contributed by atoms with Crippen molar-refractivity contribution in [2.24, 2.45) is 0 Å². The van der Waals surface area contributed by atoms with Crippen LogP contribution >= 0.6 is 11.8 Å². The zero-order valence-electron chi connectivity index (χ0n) is 17.2. The third-order valence-corrected chi connectivity index (χ3v) is 5.62. The standard InChI is InChI=1S/C24H25N5S/c1-2-30-23-12-10-20(11-13-23)24-21(18-28(16-6-14-25)17-7-15-26)19-29(27-24)22-8-4-3-5-9-22/h3-5,8-13,19H,2,6-7,16-18H2,1H3. The minimum absolute atomic E-state index is 0.441. The van der Waals surface area contributed by atoms with Gasteiger partial charge in [0.05, 0.1) is 23.5 Å². The predicted octanol–water partition coefficient (Wildman–Crippen LogP) is 5.28. The summed E-state index contributed by atoms with van der Waals surface area (Å²) in [7, 11) is 0. The van der Waals surface area contributed by atoms with Gasteiger partial charge in [-0.2, -0.15) is 15.6 Å². The molecule has 30 heavy (non-hydrogen) atoms. The van der Waals surface area contributed by atoms with Crippen LogP contribution < -0.4 is 0 Å². The van der Waals surface area contributed by atoms with E-state index < -0.39 is 0 Å². The maximum atomic E-state index is 9.00. The summed E-state index contributed by atoms with van der Waals surface area (Å²) >= 11 is 1.82. The van der Waals surface area contributed by atoms with Gasteiger partial charge in [-0.25, -0.2) is 4.68 Å². The molecule has 3 rings (SSSR count). The van der Waals surface area contributed by atoms with E-state index in [4.69, 9.17) is 15.6 Å². The fourth-order valence-electron chi connectivity index (χ4n) is 3.28. The second-order valence-electron chi connectivity index (χ2n) is 6.83. The summed E-state index contributed by atoms with van der Waals surface area (Å²) in [5.41, 5.74) is 4.10. The molecular formula is C24H25N5S. The van der Waals surface area contributed by atoms with Gasteiger partial charge in [-0.1, -0.05) is 37.3 Å². The van der Waals surface area contributed by atoms with Crippen LogP contribution in [0.1, 0.15) is 25.3 Å². The molecule has 0 fully saturated rings. The number of hydrogen-bond donors (Lipinski definition) is 0. The lowest BCUT2D eigenvalue weighted by Crippen LogP contribution is -2.25. The number of hydrogen-bond acceptors (Lipinski definition) is 5. The first-order valence-corrected chi connectivity index (χ1v) is 11.1. The number of nitrogens with zero attached hydrogens (tertiary/aromatic N) is 5. The van der Waals surface area contributed by atoms with Gasteiger partial charge in [0.15, 0.2) is 0 Å². The topological polar surface area (TPSA) is 68.6 Å². The zero-order valence-corrected chi connectivity index (χ0v) is 18.0. The fourth-order valence-corrected chi connectivity index (χ4v) is 3.95. The summed E-state index contributed by atoms with van der Waals surface area (Å²) in [4.78, 5) is 3.40. The number of aromatic nitrogens is 2. The van der Waals surface area contributed by atoms with Gasteiger partial charge in [-0.05, 0) is 30.0 Å². The molecule has 0 amide bonds. The fraction of sp³-hybridized carbons (Fsp3) is 0.292. The van der Waals surface area contributed by atoms with Crippen molar-refractivity contribution < 1.29 is 0 Å². The first kappa shape index (κ1) is 21.6. The molecule has 0 aliphatic carbocycles. The third kappa shape index (κ3) is 5.73. The Balaban J connectivity index is 1.95. The number of para-hydroxylation sites is 1. The second-order valence-corrected chi connectivity index (χ2v) is 8.17. The lowest BCUT2D eigenvalue weighted by Gasteiger charge is -2.19. The minimum Gasteiger partial charge on any atom is -0.297 e. The maximum absolute atomic E-state index is 9.00. The Labute approximate surface area is 182 Å². The first-order valence-electron chi connectivity index (χ1n) is 10.1. The van der Waals surface area contributed by atoms with Gasteiger partial charge in [0, 0.05) is 54.7 Å². The number of nitriles is 2. The highest BCUT2D eigenvalue weighted by atomic mass is 32.2. The summed E-state index contributed by atoms with van der Waals surface area (Å²) in [6.07, 6.45) is 2.94. The Bertz CT molecular complexity index is 994. The summed E-state index contributed by atoms with van der Waals surface area (Å²) < 4.78 is 1.91. The van der Waals surface area contributed by atoms with E-state index >= 15 is 0 Å². The molecule has 0 N–H and O–H groups in total. The van der Waals surface area contributed by atoms with E-state index in [1.807, 2.05) is 46.8 Å². The van der Waals surface area contributed by atoms with Crippen molar-refractivity contribution in [3.63, 3.8) is 0 Å². The SMILES string of the molecule is CCSc1ccc(-c2nn(-c3ccccc3)cc2CN(CCC#N)CCC#N)cc1. The highest BCUT2D eigenvalue weighted by Gasteiger charge is 2.16. The molecule has 0 spiro atoms. The molecule has 1 heterocycles. The van der Waals surface area contributed by atoms with Crippen molar-refractivity contribution in [3.05, 3.63) is 66.4 Å². The third-order valence-electron chi connectivity index (χ3n) is 4.72. The molecule has 2 aromatic carbocycles. The summed E-state index contributed by atoms with van der Waals surface area (Å²) in [5, 5.41) is 22.9. The van der Waals surface area contributed by atoms with Crippen LogP contribution in [-0.4, -0.2) is 33.5 Å². The summed E-state index contributed by atoms with van der Waals surface area (Å²) in [6.45, 7) is 4.08. The van der Waals surface area contributed by atoms with Crippen LogP contribution in [0.4, 0.5) is 0 Å². The predicted molar refractivity (Wildman–Crippen MR) is 121 cm³/mol. The first-order chi connectivity index (χ1) is 14.7. The van der Waals surface area contributed by atoms with E-state index in [0.717, 1.165) is 28.3 Å². The Morgan fingerprint density at radius 3 is 2.23 bits per heavy atom. The number of thioether (sulfide) groups is 1. The molecule has 0 saturated carbocycles. The van der Waals surface area contributed by atoms with E-state index in [9.17, 15) is 0 Å². The molecule has 0 bridgehead atoms. The maximum Gasteiger partial charge on any atom is 0.0972 e. The smallest absolute Gasteiger partial charge is 0.0972 e. The quantitative estimate of drug-likeness (QED) is 0.421. The Morgan fingerprint density at radius 2 is 1.63 bits per heavy atom. The number of rotatable bonds is 10. The molecule has 3 aromatic rings. The van der Waals surface area contributed by atoms with Crippen LogP contribution in [0.25, 0.3) is 16.9 Å². The van der Waals surface area contributed by atoms with Crippen LogP contribution in [-0.2, 0) is 6.54 Å². The summed E-state index contributed by atoms with van der Waals surface area (Å²) in [5.74, 6) is 1.04. The molecule has 0 unspecified atom stereocenters. The lowest BCUT2D eigenvalue weighted by molar-refractivity contribution is 0.278. The molecule has 1 aromatic heterocycles. The van der Waals surface area contributed by atoms with Gasteiger partial charge >= 0.3 is 0 Å². The van der Waals surface area contributed by atoms with Crippen molar-refractivity contribution in [2.75, 3.05) is 18.8 Å². The van der Waals surface area contributed by atoms with Crippen molar-refractivity contribution in [1.82, 2.24) is 14.7 Å². The van der Waals surface area contributed by atoms with Gasteiger partial charge < -0.3 is 0 Å². The molecule has 0 aliphatic rings. The van der Waals surface area contributed by atoms with E-state index in [0.29, 0.717) is 32.5 Å². The Hall–Kier alpha value is -3.06. The minimum atomic E-state index is 0.441. The van der Waals surface area contributed by atoms with Crippen LogP contribution in [0.2, 0.25) is 0 Å². The normalized spacial score (nSPS) is 10.7. The number of benzene rings is 2. The highest BCUT2D eigenvalue weighted by molar-refractivity contribution is 7.99. The molecule has 0 radical (unpaired) electrons. The highest BCUT2D eigenvalue weighted by Crippen LogP contribution is 2.27. The monoisotopic (exact) mass is 415 g/mol. The molecule has 6 heteroatoms. The van der Waals surface area contributed by atoms with Gasteiger partial charge in [0.1, 0.15) is 0 Å². The molecular weight excluding hydrogens is 390 g/mol. The Morgan fingerprint density at radius 1 is 0.967 bits per heavy atom. The van der Waals surface area contributed by atoms with E-state index in [1.165, 1.54) is 4.90 Å². The van der Waals surface area contributed by atoms with Crippen molar-refractivity contribution >= 4 is 11.8 Å². The molecule has 0 atom stereocenters. The van der Waals surface area contributed by atoms with Gasteiger partial charge in [-0.3, -0.25) is 4.90 Å². The van der Waals surface area contributed by atoms with Crippen LogP contribution in [0.3, 0.4) is 0 Å². The summed E-state index contributed by atoms with van der Waals surface area (Å²) in [6, 6.07) is 23.0. The average Bonchev–Trinajstić information content (AvgIpc) is 3.21. The van der Waals surface area contributed by atoms with Crippen molar-refractivity contribution in [3.8, 4) is 29.1 Å². The molecule has 152 valence electrons. The van der Waals surface area contributed by atoms with E-state index in [-0.39, 0.29) is 0 Å². The van der Waals surface area contributed by atoms with Gasteiger partial charge in [-0.15, -0.1) is 11.8 Å². The molecule has 0 aliphatic heterocycles. The average molecular weight is 416 g/mol. The van der Waals surface area contributed by atoms with Crippen LogP contribution in [0.15, 0.2) is 65.7 Å². The zero-order chi connectivity index (χ0) is 21.2. The van der Waals surface area contributed by atoms with Crippen LogP contribution in [0, 0.1) is 22.7 Å². The largest absolute Gasteiger partial charge is 0.297 e. The van der Waals surface area contributed by atoms with Crippen molar-refractivity contribution in [2.45, 2.75) is 31.2 Å². The second kappa shape index (κ2) is 11.2. The lowest BCUT2D eigenvalue weighted by atomic mass is 10.1. The molecule has 0 saturated heterocycles. The van der Waals surface area contributed by atoms with E-state index in [1.54, 1.807) is 0 Å². The Kier molecular flexibility index (Phi) is 8.09. The van der Waals surface area contributed by atoms with Gasteiger partial charge in [0.2, 0.25) is 0 Å². The van der Waals surface area contributed by atoms with E-state index in [2.05, 4.69) is 54.4 Å². The molecule has 5 nitrogen and oxygen atoms in total. The van der Waals surface area contributed by atoms with Gasteiger partial charge in [0.25, 0.3) is 0 Å². The van der Waals surface area contributed by atoms with Crippen molar-refractivity contribution in [1.29, 1.82) is 10.5 Å².